The summed E-state index contributed by atoms with van der Waals surface area (Å²) in [6.07, 6.45) is 0.874. The van der Waals surface area contributed by atoms with E-state index >= 15 is 0 Å². The maximum atomic E-state index is 12.4. The molecule has 2 N–H and O–H groups in total. The van der Waals surface area contributed by atoms with Gasteiger partial charge in [-0.2, -0.15) is 0 Å². The van der Waals surface area contributed by atoms with E-state index in [-0.39, 0.29) is 6.61 Å². The summed E-state index contributed by atoms with van der Waals surface area (Å²) < 4.78 is 6.75. The maximum absolute atomic E-state index is 12.4. The Morgan fingerprint density at radius 1 is 1.36 bits per heavy atom. The number of carboxylic acids is 1. The Morgan fingerprint density at radius 2 is 2.09 bits per heavy atom. The first kappa shape index (κ1) is 16.0. The molecule has 1 atom stereocenters. The molecule has 0 aliphatic heterocycles. The molecule has 6 heteroatoms. The lowest BCUT2D eigenvalue weighted by Gasteiger charge is -2.15. The van der Waals surface area contributed by atoms with Crippen LogP contribution in [0.2, 0.25) is 0 Å². The van der Waals surface area contributed by atoms with Crippen LogP contribution in [-0.4, -0.2) is 41.3 Å². The van der Waals surface area contributed by atoms with Gasteiger partial charge in [0.1, 0.15) is 5.69 Å². The Hall–Kier alpha value is -2.34. The van der Waals surface area contributed by atoms with Crippen LogP contribution in [0.5, 0.6) is 0 Å². The minimum Gasteiger partial charge on any atom is -0.480 e. The zero-order valence-corrected chi connectivity index (χ0v) is 12.7. The van der Waals surface area contributed by atoms with E-state index in [0.717, 1.165) is 17.3 Å². The maximum Gasteiger partial charge on any atom is 0.328 e. The van der Waals surface area contributed by atoms with Crippen molar-refractivity contribution < 1.29 is 19.4 Å². The molecule has 22 heavy (non-hydrogen) atoms. The fourth-order valence-corrected chi connectivity index (χ4v) is 2.44. The van der Waals surface area contributed by atoms with Crippen molar-refractivity contribution >= 4 is 22.8 Å². The predicted octanol–water partition coefficient (Wildman–Crippen LogP) is 1.88. The zero-order valence-electron chi connectivity index (χ0n) is 12.7. The molecule has 1 heterocycles. The fraction of sp³-hybridized carbons (Fsp3) is 0.375. The lowest BCUT2D eigenvalue weighted by molar-refractivity contribution is -0.140. The van der Waals surface area contributed by atoms with E-state index in [1.54, 1.807) is 6.07 Å². The van der Waals surface area contributed by atoms with E-state index in [1.165, 1.54) is 7.11 Å². The number of aliphatic carboxylic acids is 1. The summed E-state index contributed by atoms with van der Waals surface area (Å²) in [6.45, 7) is 2.65. The number of hydrogen-bond donors (Lipinski definition) is 2. The van der Waals surface area contributed by atoms with Crippen molar-refractivity contribution in [2.45, 2.75) is 25.9 Å². The fourth-order valence-electron chi connectivity index (χ4n) is 2.44. The molecule has 1 aromatic heterocycles. The number of aryl methyl sites for hydroxylation is 1. The number of amides is 1. The topological polar surface area (TPSA) is 80.6 Å². The third-order valence-electron chi connectivity index (χ3n) is 3.43. The molecule has 118 valence electrons. The van der Waals surface area contributed by atoms with E-state index in [4.69, 9.17) is 9.84 Å². The summed E-state index contributed by atoms with van der Waals surface area (Å²) in [5, 5.41) is 12.6. The molecular formula is C16H20N2O4. The van der Waals surface area contributed by atoms with Gasteiger partial charge < -0.3 is 19.7 Å². The van der Waals surface area contributed by atoms with Crippen LogP contribution < -0.4 is 5.32 Å². The number of nitrogens with zero attached hydrogens (tertiary/aromatic N) is 1. The zero-order chi connectivity index (χ0) is 16.1. The van der Waals surface area contributed by atoms with Crippen molar-refractivity contribution in [2.75, 3.05) is 13.7 Å². The molecule has 2 rings (SSSR count). The van der Waals surface area contributed by atoms with Crippen LogP contribution in [0.4, 0.5) is 0 Å². The van der Waals surface area contributed by atoms with Gasteiger partial charge >= 0.3 is 5.97 Å². The van der Waals surface area contributed by atoms with E-state index in [0.29, 0.717) is 12.2 Å². The normalized spacial score (nSPS) is 12.3. The summed E-state index contributed by atoms with van der Waals surface area (Å²) in [6, 6.07) is 8.43. The second-order valence-corrected chi connectivity index (χ2v) is 5.06. The van der Waals surface area contributed by atoms with Crippen LogP contribution in [0, 0.1) is 0 Å². The minimum absolute atomic E-state index is 0.0743. The van der Waals surface area contributed by atoms with Gasteiger partial charge in [-0.25, -0.2) is 4.79 Å². The van der Waals surface area contributed by atoms with Crippen LogP contribution in [0.25, 0.3) is 10.9 Å². The van der Waals surface area contributed by atoms with Crippen molar-refractivity contribution in [1.82, 2.24) is 9.88 Å². The Bertz CT molecular complexity index is 678. The van der Waals surface area contributed by atoms with E-state index in [9.17, 15) is 9.59 Å². The first-order valence-corrected chi connectivity index (χ1v) is 7.19. The predicted molar refractivity (Wildman–Crippen MR) is 83.0 cm³/mol. The van der Waals surface area contributed by atoms with E-state index in [2.05, 4.69) is 5.32 Å². The highest BCUT2D eigenvalue weighted by Gasteiger charge is 2.23. The number of fused-ring (bicyclic) bond motifs is 1. The molecule has 0 radical (unpaired) electrons. The summed E-state index contributed by atoms with van der Waals surface area (Å²) in [5.41, 5.74) is 1.43. The molecule has 6 nitrogen and oxygen atoms in total. The van der Waals surface area contributed by atoms with Gasteiger partial charge in [0.15, 0.2) is 6.04 Å². The number of nitrogens with one attached hydrogen (secondary N) is 1. The van der Waals surface area contributed by atoms with Crippen LogP contribution in [0.15, 0.2) is 30.3 Å². The largest absolute Gasteiger partial charge is 0.480 e. The monoisotopic (exact) mass is 304 g/mol. The van der Waals surface area contributed by atoms with Gasteiger partial charge in [0, 0.05) is 24.6 Å². The number of ether oxygens (including phenoxy) is 1. The molecule has 1 aromatic carbocycles. The molecule has 0 fully saturated rings. The van der Waals surface area contributed by atoms with Gasteiger partial charge in [0.05, 0.1) is 6.61 Å². The van der Waals surface area contributed by atoms with Crippen LogP contribution >= 0.6 is 0 Å². The lowest BCUT2D eigenvalue weighted by Crippen LogP contribution is -2.44. The molecule has 1 amide bonds. The first-order chi connectivity index (χ1) is 10.6. The van der Waals surface area contributed by atoms with Crippen LogP contribution in [0.1, 0.15) is 23.8 Å². The number of aromatic nitrogens is 1. The van der Waals surface area contributed by atoms with Crippen molar-refractivity contribution in [3.05, 3.63) is 36.0 Å². The minimum atomic E-state index is -1.12. The van der Waals surface area contributed by atoms with Crippen LogP contribution in [-0.2, 0) is 16.1 Å². The summed E-state index contributed by atoms with van der Waals surface area (Å²) in [7, 11) is 1.40. The molecule has 2 aromatic rings. The van der Waals surface area contributed by atoms with Gasteiger partial charge in [0.25, 0.3) is 5.91 Å². The van der Waals surface area contributed by atoms with Crippen molar-refractivity contribution in [2.24, 2.45) is 0 Å². The molecule has 0 saturated heterocycles. The van der Waals surface area contributed by atoms with Gasteiger partial charge in [-0.05, 0) is 18.6 Å². The standard InChI is InChI=1S/C16H20N2O4/c1-3-8-18-13-7-5-4-6-11(13)9-14(18)15(19)17-12(10-22-2)16(20)21/h4-7,9,12H,3,8,10H2,1-2H3,(H,17,19)(H,20,21). The number of carbonyl (C=O) groups excluding carboxylic acids is 1. The van der Waals surface area contributed by atoms with Crippen molar-refractivity contribution in [3.63, 3.8) is 0 Å². The summed E-state index contributed by atoms with van der Waals surface area (Å²) in [4.78, 5) is 23.6. The number of rotatable bonds is 7. The molecule has 0 bridgehead atoms. The lowest BCUT2D eigenvalue weighted by atomic mass is 10.2. The van der Waals surface area contributed by atoms with Crippen molar-refractivity contribution in [1.29, 1.82) is 0 Å². The average Bonchev–Trinajstić information content (AvgIpc) is 2.86. The smallest absolute Gasteiger partial charge is 0.328 e. The molecule has 0 aliphatic carbocycles. The van der Waals surface area contributed by atoms with Crippen LogP contribution in [0.3, 0.4) is 0 Å². The Kier molecular flexibility index (Phi) is 5.16. The second kappa shape index (κ2) is 7.09. The van der Waals surface area contributed by atoms with Gasteiger partial charge in [-0.1, -0.05) is 25.1 Å². The third-order valence-corrected chi connectivity index (χ3v) is 3.43. The molecule has 0 aliphatic rings. The Balaban J connectivity index is 2.34. The van der Waals surface area contributed by atoms with Crippen molar-refractivity contribution in [3.8, 4) is 0 Å². The Morgan fingerprint density at radius 3 is 2.73 bits per heavy atom. The molecular weight excluding hydrogens is 284 g/mol. The molecule has 0 saturated carbocycles. The van der Waals surface area contributed by atoms with E-state index < -0.39 is 17.9 Å². The molecule has 1 unspecified atom stereocenters. The molecule has 0 spiro atoms. The number of carboxylic acid groups (broad SMARTS) is 1. The number of para-hydroxylation sites is 1. The number of carbonyl (C=O) groups is 2. The number of hydrogen-bond acceptors (Lipinski definition) is 3. The highest BCUT2D eigenvalue weighted by molar-refractivity contribution is 6.00. The summed E-state index contributed by atoms with van der Waals surface area (Å²) >= 11 is 0. The quantitative estimate of drug-likeness (QED) is 0.818. The van der Waals surface area contributed by atoms with E-state index in [1.807, 2.05) is 35.8 Å². The second-order valence-electron chi connectivity index (χ2n) is 5.06. The Labute approximate surface area is 128 Å². The third kappa shape index (κ3) is 3.28. The highest BCUT2D eigenvalue weighted by atomic mass is 16.5. The average molecular weight is 304 g/mol. The SMILES string of the molecule is CCCn1c(C(=O)NC(COC)C(=O)O)cc2ccccc21. The van der Waals surface area contributed by atoms with Gasteiger partial charge in [-0.3, -0.25) is 4.79 Å². The van der Waals surface area contributed by atoms with Gasteiger partial charge in [-0.15, -0.1) is 0 Å². The first-order valence-electron chi connectivity index (χ1n) is 7.19. The number of benzene rings is 1. The number of methoxy groups -OCH3 is 1. The highest BCUT2D eigenvalue weighted by Crippen LogP contribution is 2.20. The van der Waals surface area contributed by atoms with Gasteiger partial charge in [0.2, 0.25) is 0 Å². The summed E-state index contributed by atoms with van der Waals surface area (Å²) in [5.74, 6) is -1.53.